The lowest BCUT2D eigenvalue weighted by Crippen LogP contribution is -2.42. The molecule has 1 aliphatic heterocycles. The highest BCUT2D eigenvalue weighted by atomic mass is 79.9. The molecule has 1 fully saturated rings. The van der Waals surface area contributed by atoms with E-state index in [-0.39, 0.29) is 5.91 Å². The van der Waals surface area contributed by atoms with Crippen molar-refractivity contribution < 1.29 is 4.79 Å². The van der Waals surface area contributed by atoms with E-state index in [1.807, 2.05) is 16.2 Å². The minimum atomic E-state index is 0.270. The molecule has 110 valence electrons. The molecule has 3 rings (SSSR count). The van der Waals surface area contributed by atoms with E-state index in [0.717, 1.165) is 32.4 Å². The second kappa shape index (κ2) is 6.58. The minimum Gasteiger partial charge on any atom is -0.342 e. The molecule has 2 heterocycles. The van der Waals surface area contributed by atoms with Crippen molar-refractivity contribution in [3.8, 4) is 0 Å². The first-order valence-electron chi connectivity index (χ1n) is 7.53. The zero-order chi connectivity index (χ0) is 13.9. The molecule has 1 atom stereocenters. The molecular formula is C15H21BrN2OS. The molecule has 0 aromatic carbocycles. The number of nitrogens with one attached hydrogen (secondary N) is 1. The van der Waals surface area contributed by atoms with Gasteiger partial charge in [0.15, 0.2) is 0 Å². The predicted molar refractivity (Wildman–Crippen MR) is 86.1 cm³/mol. The topological polar surface area (TPSA) is 32.3 Å². The first-order chi connectivity index (χ1) is 9.74. The number of rotatable bonds is 3. The van der Waals surface area contributed by atoms with Crippen molar-refractivity contribution in [2.24, 2.45) is 0 Å². The molecule has 3 nitrogen and oxygen atoms in total. The van der Waals surface area contributed by atoms with E-state index in [1.54, 1.807) is 0 Å². The summed E-state index contributed by atoms with van der Waals surface area (Å²) in [5.41, 5.74) is 1.40. The van der Waals surface area contributed by atoms with Gasteiger partial charge in [0.25, 0.3) is 0 Å². The molecule has 1 aromatic heterocycles. The molecule has 1 saturated heterocycles. The van der Waals surface area contributed by atoms with E-state index in [4.69, 9.17) is 0 Å². The summed E-state index contributed by atoms with van der Waals surface area (Å²) in [6.07, 6.45) is 7.14. The van der Waals surface area contributed by atoms with Crippen molar-refractivity contribution in [3.63, 3.8) is 0 Å². The van der Waals surface area contributed by atoms with Gasteiger partial charge in [-0.2, -0.15) is 0 Å². The Balaban J connectivity index is 1.57. The highest BCUT2D eigenvalue weighted by Gasteiger charge is 2.24. The fourth-order valence-corrected chi connectivity index (χ4v) is 5.02. The zero-order valence-electron chi connectivity index (χ0n) is 11.7. The summed E-state index contributed by atoms with van der Waals surface area (Å²) in [7, 11) is 0. The van der Waals surface area contributed by atoms with Gasteiger partial charge in [-0.05, 0) is 66.1 Å². The Bertz CT molecular complexity index is 482. The third-order valence-corrected chi connectivity index (χ3v) is 6.01. The van der Waals surface area contributed by atoms with Crippen molar-refractivity contribution >= 4 is 33.2 Å². The molecule has 1 aliphatic carbocycles. The lowest BCUT2D eigenvalue weighted by atomic mass is 9.94. The number of piperidine rings is 1. The van der Waals surface area contributed by atoms with Crippen LogP contribution in [0.2, 0.25) is 0 Å². The van der Waals surface area contributed by atoms with Crippen LogP contribution in [0.4, 0.5) is 0 Å². The Kier molecular flexibility index (Phi) is 4.79. The highest BCUT2D eigenvalue weighted by Crippen LogP contribution is 2.37. The first-order valence-corrected chi connectivity index (χ1v) is 9.14. The standard InChI is InChI=1S/C15H21BrN2OS/c16-14-9-11-12(5-4-6-13(11)20-14)17-10-15(19)18-7-2-1-3-8-18/h9,12,17H,1-8,10H2. The average Bonchev–Trinajstić information content (AvgIpc) is 2.86. The van der Waals surface area contributed by atoms with Crippen LogP contribution in [0.15, 0.2) is 9.85 Å². The second-order valence-electron chi connectivity index (χ2n) is 5.70. The van der Waals surface area contributed by atoms with E-state index in [2.05, 4.69) is 27.3 Å². The van der Waals surface area contributed by atoms with Gasteiger partial charge in [0.2, 0.25) is 5.91 Å². The van der Waals surface area contributed by atoms with Crippen molar-refractivity contribution in [2.75, 3.05) is 19.6 Å². The maximum absolute atomic E-state index is 12.2. The fourth-order valence-electron chi connectivity index (χ4n) is 3.20. The lowest BCUT2D eigenvalue weighted by Gasteiger charge is -2.29. The van der Waals surface area contributed by atoms with Crippen molar-refractivity contribution in [1.29, 1.82) is 0 Å². The maximum atomic E-state index is 12.2. The number of amides is 1. The van der Waals surface area contributed by atoms with Gasteiger partial charge in [-0.1, -0.05) is 0 Å². The monoisotopic (exact) mass is 356 g/mol. The third-order valence-electron chi connectivity index (χ3n) is 4.29. The smallest absolute Gasteiger partial charge is 0.236 e. The van der Waals surface area contributed by atoms with Crippen LogP contribution in [-0.4, -0.2) is 30.4 Å². The summed E-state index contributed by atoms with van der Waals surface area (Å²) >= 11 is 5.42. The first kappa shape index (κ1) is 14.5. The number of hydrogen-bond donors (Lipinski definition) is 1. The van der Waals surface area contributed by atoms with Crippen molar-refractivity contribution in [3.05, 3.63) is 20.3 Å². The second-order valence-corrected chi connectivity index (χ2v) is 8.21. The van der Waals surface area contributed by atoms with Crippen LogP contribution in [-0.2, 0) is 11.2 Å². The molecule has 1 amide bonds. The molecule has 0 radical (unpaired) electrons. The van der Waals surface area contributed by atoms with Crippen LogP contribution in [0.5, 0.6) is 0 Å². The van der Waals surface area contributed by atoms with Crippen LogP contribution in [0.3, 0.4) is 0 Å². The van der Waals surface area contributed by atoms with Crippen LogP contribution in [0, 0.1) is 0 Å². The Labute approximate surface area is 132 Å². The Hall–Kier alpha value is -0.390. The molecule has 0 spiro atoms. The van der Waals surface area contributed by atoms with Crippen LogP contribution in [0.1, 0.15) is 48.6 Å². The summed E-state index contributed by atoms with van der Waals surface area (Å²) in [5, 5.41) is 3.48. The van der Waals surface area contributed by atoms with Crippen LogP contribution in [0.25, 0.3) is 0 Å². The summed E-state index contributed by atoms with van der Waals surface area (Å²) in [5.74, 6) is 0.270. The fraction of sp³-hybridized carbons (Fsp3) is 0.667. The van der Waals surface area contributed by atoms with E-state index < -0.39 is 0 Å². The van der Waals surface area contributed by atoms with Gasteiger partial charge in [-0.25, -0.2) is 0 Å². The highest BCUT2D eigenvalue weighted by molar-refractivity contribution is 9.11. The number of likely N-dealkylation sites (tertiary alicyclic amines) is 1. The summed E-state index contributed by atoms with van der Waals surface area (Å²) < 4.78 is 1.21. The number of carbonyl (C=O) groups is 1. The Morgan fingerprint density at radius 1 is 1.35 bits per heavy atom. The van der Waals surface area contributed by atoms with Gasteiger partial charge >= 0.3 is 0 Å². The summed E-state index contributed by atoms with van der Waals surface area (Å²) in [4.78, 5) is 15.7. The molecule has 2 aliphatic rings. The molecule has 1 N–H and O–H groups in total. The van der Waals surface area contributed by atoms with E-state index in [1.165, 1.54) is 33.5 Å². The number of thiophene rings is 1. The van der Waals surface area contributed by atoms with Gasteiger partial charge in [0, 0.05) is 24.0 Å². The number of nitrogens with zero attached hydrogens (tertiary/aromatic N) is 1. The number of carbonyl (C=O) groups excluding carboxylic acids is 1. The lowest BCUT2D eigenvalue weighted by molar-refractivity contribution is -0.131. The predicted octanol–water partition coefficient (Wildman–Crippen LogP) is 3.49. The molecule has 1 aromatic rings. The van der Waals surface area contributed by atoms with Crippen LogP contribution >= 0.6 is 27.3 Å². The van der Waals surface area contributed by atoms with Gasteiger partial charge in [0.1, 0.15) is 0 Å². The largest absolute Gasteiger partial charge is 0.342 e. The van der Waals surface area contributed by atoms with Crippen molar-refractivity contribution in [1.82, 2.24) is 10.2 Å². The molecule has 0 bridgehead atoms. The van der Waals surface area contributed by atoms with Gasteiger partial charge < -0.3 is 10.2 Å². The normalized spacial score (nSPS) is 22.6. The average molecular weight is 357 g/mol. The van der Waals surface area contributed by atoms with Gasteiger partial charge in [0.05, 0.1) is 10.3 Å². The quantitative estimate of drug-likeness (QED) is 0.898. The Morgan fingerprint density at radius 3 is 2.95 bits per heavy atom. The zero-order valence-corrected chi connectivity index (χ0v) is 14.1. The molecular weight excluding hydrogens is 336 g/mol. The van der Waals surface area contributed by atoms with Gasteiger partial charge in [-0.15, -0.1) is 11.3 Å². The van der Waals surface area contributed by atoms with E-state index >= 15 is 0 Å². The van der Waals surface area contributed by atoms with Crippen LogP contribution < -0.4 is 5.32 Å². The molecule has 0 saturated carbocycles. The van der Waals surface area contributed by atoms with Crippen molar-refractivity contribution in [2.45, 2.75) is 44.6 Å². The Morgan fingerprint density at radius 2 is 2.15 bits per heavy atom. The SMILES string of the molecule is O=C(CNC1CCCc2sc(Br)cc21)N1CCCCC1. The molecule has 20 heavy (non-hydrogen) atoms. The van der Waals surface area contributed by atoms with E-state index in [0.29, 0.717) is 12.6 Å². The number of hydrogen-bond acceptors (Lipinski definition) is 3. The molecule has 5 heteroatoms. The van der Waals surface area contributed by atoms with E-state index in [9.17, 15) is 4.79 Å². The third kappa shape index (κ3) is 3.26. The number of fused-ring (bicyclic) bond motifs is 1. The number of aryl methyl sites for hydroxylation is 1. The maximum Gasteiger partial charge on any atom is 0.236 e. The molecule has 1 unspecified atom stereocenters. The number of halogens is 1. The summed E-state index contributed by atoms with van der Waals surface area (Å²) in [6.45, 7) is 2.37. The summed E-state index contributed by atoms with van der Waals surface area (Å²) in [6, 6.07) is 2.58. The minimum absolute atomic E-state index is 0.270. The van der Waals surface area contributed by atoms with Gasteiger partial charge in [-0.3, -0.25) is 4.79 Å².